The van der Waals surface area contributed by atoms with Gasteiger partial charge in [-0.1, -0.05) is 0 Å². The summed E-state index contributed by atoms with van der Waals surface area (Å²) in [6.07, 6.45) is 0. The van der Waals surface area contributed by atoms with Crippen molar-refractivity contribution in [1.29, 1.82) is 0 Å². The van der Waals surface area contributed by atoms with Crippen molar-refractivity contribution in [3.63, 3.8) is 0 Å². The number of nitrogens with zero attached hydrogens (tertiary/aromatic N) is 1. The van der Waals surface area contributed by atoms with Crippen molar-refractivity contribution < 1.29 is 24.5 Å². The molecule has 6 nitrogen and oxygen atoms in total. The van der Waals surface area contributed by atoms with Gasteiger partial charge in [0.1, 0.15) is 0 Å². The summed E-state index contributed by atoms with van der Waals surface area (Å²) in [6.45, 7) is 2.26. The number of carboxylic acid groups (broad SMARTS) is 1. The van der Waals surface area contributed by atoms with E-state index in [1.807, 2.05) is 0 Å². The average molecular weight is 219 g/mol. The molecule has 88 valence electrons. The van der Waals surface area contributed by atoms with Crippen LogP contribution in [0, 0.1) is 0 Å². The number of methoxy groups -OCH3 is 2. The third-order valence-corrected chi connectivity index (χ3v) is 2.67. The molecule has 2 N–H and O–H groups in total. The van der Waals surface area contributed by atoms with Gasteiger partial charge >= 0.3 is 5.97 Å². The number of hydrogen-bond acceptors (Lipinski definition) is 5. The van der Waals surface area contributed by atoms with Crippen molar-refractivity contribution >= 4 is 5.97 Å². The van der Waals surface area contributed by atoms with E-state index < -0.39 is 17.4 Å². The second-order valence-corrected chi connectivity index (χ2v) is 4.04. The first kappa shape index (κ1) is 12.4. The number of aliphatic hydroxyl groups is 1. The molecule has 0 amide bonds. The lowest BCUT2D eigenvalue weighted by atomic mass is 10.0. The quantitative estimate of drug-likeness (QED) is 0.585. The molecular weight excluding hydrogens is 202 g/mol. The molecule has 0 aliphatic carbocycles. The van der Waals surface area contributed by atoms with Crippen LogP contribution >= 0.6 is 0 Å². The fourth-order valence-corrected chi connectivity index (χ4v) is 1.59. The van der Waals surface area contributed by atoms with Gasteiger partial charge in [-0.3, -0.25) is 4.90 Å². The van der Waals surface area contributed by atoms with Crippen LogP contribution in [0.3, 0.4) is 0 Å². The fourth-order valence-electron chi connectivity index (χ4n) is 1.59. The minimum atomic E-state index is -1.73. The zero-order valence-electron chi connectivity index (χ0n) is 9.19. The summed E-state index contributed by atoms with van der Waals surface area (Å²) in [5, 5.41) is 18.2. The maximum absolute atomic E-state index is 10.7. The summed E-state index contributed by atoms with van der Waals surface area (Å²) in [5.74, 6) is -1.87. The van der Waals surface area contributed by atoms with E-state index in [2.05, 4.69) is 0 Å². The minimum absolute atomic E-state index is 0.0663. The number of aliphatic carboxylic acids is 1. The second kappa shape index (κ2) is 4.05. The van der Waals surface area contributed by atoms with Gasteiger partial charge in [-0.05, 0) is 6.92 Å². The standard InChI is InChI=1S/C9H17NO5/c1-8(13,7(11)12)4-10-5-9(6-10,14-2)15-3/h13H,4-6H2,1-3H3,(H,11,12). The molecule has 1 heterocycles. The molecule has 0 aromatic heterocycles. The van der Waals surface area contributed by atoms with E-state index in [4.69, 9.17) is 14.6 Å². The SMILES string of the molecule is COC1(OC)CN(CC(C)(O)C(=O)O)C1. The van der Waals surface area contributed by atoms with E-state index in [0.717, 1.165) is 0 Å². The van der Waals surface area contributed by atoms with E-state index in [9.17, 15) is 9.90 Å². The predicted molar refractivity (Wildman–Crippen MR) is 51.4 cm³/mol. The summed E-state index contributed by atoms with van der Waals surface area (Å²) in [7, 11) is 3.08. The molecule has 15 heavy (non-hydrogen) atoms. The van der Waals surface area contributed by atoms with E-state index in [1.54, 1.807) is 4.90 Å². The van der Waals surface area contributed by atoms with Crippen LogP contribution in [-0.4, -0.2) is 66.3 Å². The molecule has 1 rings (SSSR count). The van der Waals surface area contributed by atoms with Crippen LogP contribution in [0.25, 0.3) is 0 Å². The molecule has 6 heteroatoms. The third-order valence-electron chi connectivity index (χ3n) is 2.67. The van der Waals surface area contributed by atoms with Crippen molar-refractivity contribution in [3.05, 3.63) is 0 Å². The lowest BCUT2D eigenvalue weighted by Gasteiger charge is -2.48. The lowest BCUT2D eigenvalue weighted by molar-refractivity contribution is -0.280. The first-order valence-corrected chi connectivity index (χ1v) is 4.64. The minimum Gasteiger partial charge on any atom is -0.479 e. The molecule has 0 bridgehead atoms. The summed E-state index contributed by atoms with van der Waals surface area (Å²) < 4.78 is 10.3. The zero-order chi connectivity index (χ0) is 11.7. The van der Waals surface area contributed by atoms with E-state index in [-0.39, 0.29) is 6.54 Å². The molecule has 0 spiro atoms. The van der Waals surface area contributed by atoms with Crippen LogP contribution in [0.4, 0.5) is 0 Å². The fraction of sp³-hybridized carbons (Fsp3) is 0.889. The Morgan fingerprint density at radius 1 is 1.47 bits per heavy atom. The van der Waals surface area contributed by atoms with Crippen molar-refractivity contribution in [2.75, 3.05) is 33.9 Å². The highest BCUT2D eigenvalue weighted by molar-refractivity contribution is 5.76. The van der Waals surface area contributed by atoms with Gasteiger partial charge in [0, 0.05) is 20.8 Å². The number of rotatable bonds is 5. The van der Waals surface area contributed by atoms with Gasteiger partial charge in [0.05, 0.1) is 13.1 Å². The molecule has 1 atom stereocenters. The van der Waals surface area contributed by atoms with Crippen LogP contribution in [0.2, 0.25) is 0 Å². The van der Waals surface area contributed by atoms with Crippen molar-refractivity contribution in [3.8, 4) is 0 Å². The molecule has 1 unspecified atom stereocenters. The number of likely N-dealkylation sites (tertiary alicyclic amines) is 1. The van der Waals surface area contributed by atoms with Crippen LogP contribution in [0.15, 0.2) is 0 Å². The Bertz CT molecular complexity index is 241. The Morgan fingerprint density at radius 2 is 1.93 bits per heavy atom. The topological polar surface area (TPSA) is 79.2 Å². The maximum atomic E-state index is 10.7. The van der Waals surface area contributed by atoms with Crippen LogP contribution in [-0.2, 0) is 14.3 Å². The Labute approximate surface area is 88.4 Å². The molecular formula is C9H17NO5. The maximum Gasteiger partial charge on any atom is 0.336 e. The summed E-state index contributed by atoms with van der Waals surface area (Å²) >= 11 is 0. The summed E-state index contributed by atoms with van der Waals surface area (Å²) in [6, 6.07) is 0. The Hall–Kier alpha value is -0.690. The molecule has 0 saturated carbocycles. The van der Waals surface area contributed by atoms with E-state index in [0.29, 0.717) is 13.1 Å². The predicted octanol–water partition coefficient (Wildman–Crippen LogP) is -0.873. The normalized spacial score (nSPS) is 24.3. The van der Waals surface area contributed by atoms with Gasteiger partial charge < -0.3 is 19.7 Å². The van der Waals surface area contributed by atoms with Crippen molar-refractivity contribution in [2.45, 2.75) is 18.3 Å². The first-order chi connectivity index (χ1) is 6.85. The summed E-state index contributed by atoms with van der Waals surface area (Å²) in [5.41, 5.74) is -1.73. The van der Waals surface area contributed by atoms with Gasteiger partial charge in [-0.25, -0.2) is 4.79 Å². The molecule has 1 fully saturated rings. The molecule has 0 aromatic carbocycles. The van der Waals surface area contributed by atoms with Gasteiger partial charge in [0.25, 0.3) is 0 Å². The molecule has 0 radical (unpaired) electrons. The number of carbonyl (C=O) groups is 1. The van der Waals surface area contributed by atoms with Crippen LogP contribution < -0.4 is 0 Å². The second-order valence-electron chi connectivity index (χ2n) is 4.04. The highest BCUT2D eigenvalue weighted by Gasteiger charge is 2.47. The highest BCUT2D eigenvalue weighted by Crippen LogP contribution is 2.26. The van der Waals surface area contributed by atoms with Crippen LogP contribution in [0.1, 0.15) is 6.92 Å². The summed E-state index contributed by atoms with van der Waals surface area (Å²) in [4.78, 5) is 12.4. The Morgan fingerprint density at radius 3 is 2.27 bits per heavy atom. The van der Waals surface area contributed by atoms with Crippen molar-refractivity contribution in [1.82, 2.24) is 4.90 Å². The van der Waals surface area contributed by atoms with E-state index >= 15 is 0 Å². The Kier molecular flexibility index (Phi) is 3.34. The lowest BCUT2D eigenvalue weighted by Crippen LogP contribution is -2.66. The van der Waals surface area contributed by atoms with Gasteiger partial charge in [-0.2, -0.15) is 0 Å². The number of ether oxygens (including phenoxy) is 2. The third kappa shape index (κ3) is 2.46. The average Bonchev–Trinajstić information content (AvgIpc) is 2.10. The van der Waals surface area contributed by atoms with Crippen LogP contribution in [0.5, 0.6) is 0 Å². The van der Waals surface area contributed by atoms with Gasteiger partial charge in [-0.15, -0.1) is 0 Å². The zero-order valence-corrected chi connectivity index (χ0v) is 9.19. The highest BCUT2D eigenvalue weighted by atomic mass is 16.7. The number of carboxylic acids is 1. The smallest absolute Gasteiger partial charge is 0.336 e. The van der Waals surface area contributed by atoms with E-state index in [1.165, 1.54) is 21.1 Å². The monoisotopic (exact) mass is 219 g/mol. The Balaban J connectivity index is 2.43. The van der Waals surface area contributed by atoms with Gasteiger partial charge in [0.15, 0.2) is 11.4 Å². The first-order valence-electron chi connectivity index (χ1n) is 4.64. The number of hydrogen-bond donors (Lipinski definition) is 2. The molecule has 1 aliphatic heterocycles. The van der Waals surface area contributed by atoms with Crippen molar-refractivity contribution in [2.24, 2.45) is 0 Å². The molecule has 0 aromatic rings. The number of β-amino-alcohol motifs (C(OH)–C–C–N with tert-alkyl or cyclic N) is 1. The largest absolute Gasteiger partial charge is 0.479 e. The molecule has 1 aliphatic rings. The van der Waals surface area contributed by atoms with Gasteiger partial charge in [0.2, 0.25) is 0 Å². The molecule has 1 saturated heterocycles.